The van der Waals surface area contributed by atoms with E-state index in [-0.39, 0.29) is 90.7 Å². The molecule has 10 heteroatoms. The summed E-state index contributed by atoms with van der Waals surface area (Å²) in [6.07, 6.45) is 0. The monoisotopic (exact) mass is 568 g/mol. The Morgan fingerprint density at radius 1 is 0.571 bits per heavy atom. The number of benzene rings is 4. The van der Waals surface area contributed by atoms with Gasteiger partial charge in [0, 0.05) is 40.0 Å². The topological polar surface area (TPSA) is 152 Å². The molecule has 0 bridgehead atoms. The first-order chi connectivity index (χ1) is 20.0. The number of aromatic hydroxyl groups is 4. The number of hydrogen-bond donors (Lipinski definition) is 4. The van der Waals surface area contributed by atoms with Crippen molar-refractivity contribution in [2.24, 2.45) is 0 Å². The molecule has 1 aliphatic carbocycles. The Morgan fingerprint density at radius 3 is 1.76 bits per heavy atom. The summed E-state index contributed by atoms with van der Waals surface area (Å²) in [6.45, 7) is 3.37. The van der Waals surface area contributed by atoms with Gasteiger partial charge in [-0.15, -0.1) is 0 Å². The minimum Gasteiger partial charge on any atom is -0.507 e. The number of Topliss-reactive ketones (excluding diaryl/α,β-unsaturated/α-hetero) is 1. The first kappa shape index (κ1) is 26.6. The molecule has 6 rings (SSSR count). The number of carbonyl (C=O) groups is 2. The van der Waals surface area contributed by atoms with Crippen LogP contribution in [0.3, 0.4) is 0 Å². The molecule has 10 nitrogen and oxygen atoms in total. The predicted molar refractivity (Wildman–Crippen MR) is 150 cm³/mol. The van der Waals surface area contributed by atoms with Gasteiger partial charge in [-0.3, -0.25) is 4.79 Å². The smallest absolute Gasteiger partial charge is 0.351 e. The summed E-state index contributed by atoms with van der Waals surface area (Å²) in [5.74, 6) is -2.70. The van der Waals surface area contributed by atoms with Crippen LogP contribution in [0.2, 0.25) is 0 Å². The number of methoxy groups -OCH3 is 2. The molecule has 4 N–H and O–H groups in total. The molecule has 0 radical (unpaired) electrons. The molecule has 212 valence electrons. The molecule has 0 saturated carbocycles. The molecule has 4 aromatic carbocycles. The Balaban J connectivity index is 1.73. The molecule has 0 unspecified atom stereocenters. The minimum atomic E-state index is -0.896. The fourth-order valence-electron chi connectivity index (χ4n) is 5.39. The van der Waals surface area contributed by atoms with Gasteiger partial charge < -0.3 is 39.4 Å². The maximum Gasteiger partial charge on any atom is 0.351 e. The Morgan fingerprint density at radius 2 is 1.12 bits per heavy atom. The maximum atomic E-state index is 14.2. The van der Waals surface area contributed by atoms with Crippen LogP contribution in [0, 0.1) is 13.8 Å². The molecular formula is C32H24O10. The first-order valence-electron chi connectivity index (χ1n) is 12.7. The zero-order chi connectivity index (χ0) is 30.0. The third-order valence-electron chi connectivity index (χ3n) is 7.17. The molecule has 0 atom stereocenters. The van der Waals surface area contributed by atoms with E-state index in [4.69, 9.17) is 18.9 Å². The van der Waals surface area contributed by atoms with E-state index >= 15 is 0 Å². The van der Waals surface area contributed by atoms with Crippen LogP contribution in [0.5, 0.6) is 51.7 Å². The Labute approximate surface area is 239 Å². The average Bonchev–Trinajstić information content (AvgIpc) is 3.11. The zero-order valence-electron chi connectivity index (χ0n) is 22.9. The lowest BCUT2D eigenvalue weighted by molar-refractivity contribution is 0.0734. The first-order valence-corrected chi connectivity index (χ1v) is 12.7. The molecule has 1 aliphatic heterocycles. The van der Waals surface area contributed by atoms with E-state index < -0.39 is 11.8 Å². The van der Waals surface area contributed by atoms with E-state index in [1.165, 1.54) is 62.8 Å². The fraction of sp³-hybridized carbons (Fsp3) is 0.125. The van der Waals surface area contributed by atoms with Crippen molar-refractivity contribution in [2.45, 2.75) is 13.8 Å². The quantitative estimate of drug-likeness (QED) is 0.180. The van der Waals surface area contributed by atoms with Crippen LogP contribution in [0.1, 0.15) is 48.5 Å². The highest BCUT2D eigenvalue weighted by Crippen LogP contribution is 2.55. The summed E-state index contributed by atoms with van der Waals surface area (Å²) in [6, 6.07) is 11.4. The number of ether oxygens (including phenoxy) is 4. The van der Waals surface area contributed by atoms with Crippen molar-refractivity contribution in [1.29, 1.82) is 0 Å². The lowest BCUT2D eigenvalue weighted by atomic mass is 9.91. The molecule has 42 heavy (non-hydrogen) atoms. The van der Waals surface area contributed by atoms with Crippen molar-refractivity contribution in [3.8, 4) is 51.7 Å². The highest BCUT2D eigenvalue weighted by Gasteiger charge is 2.40. The fourth-order valence-corrected chi connectivity index (χ4v) is 5.39. The predicted octanol–water partition coefficient (Wildman–Crippen LogP) is 5.62. The number of rotatable bonds is 4. The molecule has 1 heterocycles. The van der Waals surface area contributed by atoms with E-state index in [0.29, 0.717) is 11.1 Å². The minimum absolute atomic E-state index is 0.00657. The summed E-state index contributed by atoms with van der Waals surface area (Å²) in [5, 5.41) is 43.8. The van der Waals surface area contributed by atoms with Crippen molar-refractivity contribution in [1.82, 2.24) is 0 Å². The number of allylic oxidation sites excluding steroid dienone is 1. The molecule has 2 aliphatic rings. The number of phenolic OH excluding ortho intramolecular Hbond substituents is 4. The zero-order valence-corrected chi connectivity index (χ0v) is 22.9. The third-order valence-corrected chi connectivity index (χ3v) is 7.17. The number of hydrogen-bond acceptors (Lipinski definition) is 10. The molecule has 0 aromatic heterocycles. The highest BCUT2D eigenvalue weighted by molar-refractivity contribution is 6.43. The number of carbonyl (C=O) groups excluding carboxylic acids is 2. The van der Waals surface area contributed by atoms with Crippen LogP contribution in [0.15, 0.2) is 48.5 Å². The van der Waals surface area contributed by atoms with Gasteiger partial charge in [-0.25, -0.2) is 4.79 Å². The van der Waals surface area contributed by atoms with E-state index in [0.717, 1.165) is 0 Å². The van der Waals surface area contributed by atoms with Gasteiger partial charge in [-0.05, 0) is 61.4 Å². The number of fused-ring (bicyclic) bond motifs is 3. The number of phenols is 4. The molecule has 0 fully saturated rings. The molecular weight excluding hydrogens is 544 g/mol. The van der Waals surface area contributed by atoms with E-state index in [2.05, 4.69) is 0 Å². The van der Waals surface area contributed by atoms with E-state index in [1.54, 1.807) is 13.8 Å². The highest BCUT2D eigenvalue weighted by atomic mass is 16.6. The number of aryl methyl sites for hydroxylation is 2. The second-order valence-electron chi connectivity index (χ2n) is 9.98. The van der Waals surface area contributed by atoms with Crippen molar-refractivity contribution in [3.05, 3.63) is 87.5 Å². The van der Waals surface area contributed by atoms with E-state index in [1.807, 2.05) is 0 Å². The van der Waals surface area contributed by atoms with Crippen LogP contribution in [-0.2, 0) is 0 Å². The molecule has 0 saturated heterocycles. The number of ketones is 1. The third kappa shape index (κ3) is 3.95. The summed E-state index contributed by atoms with van der Waals surface area (Å²) in [4.78, 5) is 27.4. The summed E-state index contributed by atoms with van der Waals surface area (Å²) >= 11 is 0. The number of esters is 1. The van der Waals surface area contributed by atoms with Crippen LogP contribution >= 0.6 is 0 Å². The van der Waals surface area contributed by atoms with Crippen LogP contribution < -0.4 is 18.9 Å². The molecule has 0 spiro atoms. The molecule has 0 amide bonds. The Bertz CT molecular complexity index is 1880. The lowest BCUT2D eigenvalue weighted by Gasteiger charge is -2.18. The van der Waals surface area contributed by atoms with Crippen LogP contribution in [-0.4, -0.2) is 46.4 Å². The summed E-state index contributed by atoms with van der Waals surface area (Å²) < 4.78 is 22.6. The normalized spacial score (nSPS) is 13.5. The van der Waals surface area contributed by atoms with Gasteiger partial charge in [0.2, 0.25) is 0 Å². The lowest BCUT2D eigenvalue weighted by Crippen LogP contribution is -2.08. The SMILES string of the molecule is COc1cc2c(c(C3=C(c4c(O)cc(C)cc4O)c4c(O)cc(OC)cc4C3=O)c1)Oc1cc(C)cc(O)c1C(=O)O2. The van der Waals surface area contributed by atoms with Crippen molar-refractivity contribution < 1.29 is 49.0 Å². The molecule has 4 aromatic rings. The Hall–Kier alpha value is -5.64. The van der Waals surface area contributed by atoms with Gasteiger partial charge in [-0.1, -0.05) is 0 Å². The Kier molecular flexibility index (Phi) is 6.00. The van der Waals surface area contributed by atoms with Gasteiger partial charge in [-0.2, -0.15) is 0 Å². The van der Waals surface area contributed by atoms with Gasteiger partial charge in [0.15, 0.2) is 17.3 Å². The second kappa shape index (κ2) is 9.48. The van der Waals surface area contributed by atoms with Gasteiger partial charge in [0.25, 0.3) is 0 Å². The van der Waals surface area contributed by atoms with Gasteiger partial charge in [0.05, 0.1) is 19.8 Å². The largest absolute Gasteiger partial charge is 0.507 e. The van der Waals surface area contributed by atoms with Crippen molar-refractivity contribution in [2.75, 3.05) is 14.2 Å². The van der Waals surface area contributed by atoms with Crippen molar-refractivity contribution in [3.63, 3.8) is 0 Å². The average molecular weight is 569 g/mol. The van der Waals surface area contributed by atoms with E-state index in [9.17, 15) is 30.0 Å². The van der Waals surface area contributed by atoms with Gasteiger partial charge in [0.1, 0.15) is 45.8 Å². The van der Waals surface area contributed by atoms with Crippen LogP contribution in [0.4, 0.5) is 0 Å². The second-order valence-corrected chi connectivity index (χ2v) is 9.98. The maximum absolute atomic E-state index is 14.2. The van der Waals surface area contributed by atoms with Crippen molar-refractivity contribution >= 4 is 22.9 Å². The summed E-state index contributed by atoms with van der Waals surface area (Å²) in [7, 11) is 2.76. The summed E-state index contributed by atoms with van der Waals surface area (Å²) in [5.41, 5.74) is 0.882. The standard InChI is InChI=1S/C32H24O10/c1-13-5-19(33)27(20(34)6-13)29-25-17(9-15(39-3)11-22(25)36)30(37)26(29)18-10-16(40-4)12-24-31(18)41-23-8-14(2)7-21(35)28(23)32(38)42-24/h5-12,33-36H,1-4H3. The van der Waals surface area contributed by atoms with Crippen LogP contribution in [0.25, 0.3) is 11.1 Å². The van der Waals surface area contributed by atoms with Gasteiger partial charge >= 0.3 is 5.97 Å².